The van der Waals surface area contributed by atoms with Gasteiger partial charge in [0, 0.05) is 49.1 Å². The van der Waals surface area contributed by atoms with Crippen molar-refractivity contribution in [3.05, 3.63) is 63.5 Å². The summed E-state index contributed by atoms with van der Waals surface area (Å²) < 4.78 is 47.8. The van der Waals surface area contributed by atoms with Gasteiger partial charge in [0.1, 0.15) is 0 Å². The van der Waals surface area contributed by atoms with Gasteiger partial charge in [0.25, 0.3) is 0 Å². The molecular weight excluding hydrogens is 751 g/mol. The van der Waals surface area contributed by atoms with Crippen molar-refractivity contribution >= 4 is 17.5 Å². The summed E-state index contributed by atoms with van der Waals surface area (Å²) in [6.45, 7) is 14.5. The van der Waals surface area contributed by atoms with Gasteiger partial charge in [0.05, 0.1) is 0 Å². The van der Waals surface area contributed by atoms with Crippen molar-refractivity contribution in [1.29, 1.82) is 0 Å². The molecule has 7 rings (SSSR count). The Hall–Kier alpha value is -0.941. The van der Waals surface area contributed by atoms with E-state index < -0.39 is 24.9 Å². The number of hydrogen-bond acceptors (Lipinski definition) is 3. The predicted octanol–water partition coefficient (Wildman–Crippen LogP) is 10.4. The monoisotopic (exact) mass is 813 g/mol. The molecule has 5 heterocycles. The molecule has 10 atom stereocenters. The molecule has 45 heavy (non-hydrogen) atoms. The maximum Gasteiger partial charge on any atom is 0.171 e. The zero-order valence-corrected chi connectivity index (χ0v) is 31.6. The smallest absolute Gasteiger partial charge is 0.171 e. The Kier molecular flexibility index (Phi) is 9.46. The SMILES string of the molecule is C[C@H]1C[C-]=C(C2=C[C@H](C)[C@H](C)C[N-]2)CC1.[2H]C([2H])([2H])C1=NC2OC3=C([C@@H]4[N-]CC=C5C4S[C@@H](C)[C@H]5C([2H])([2H])C(C)(C)C)[CH-]CCC3C2CC1.[Ir]. The minimum Gasteiger partial charge on any atom is -0.769 e. The first-order valence-corrected chi connectivity index (χ1v) is 18.2. The van der Waals surface area contributed by atoms with Crippen molar-refractivity contribution in [3.8, 4) is 0 Å². The summed E-state index contributed by atoms with van der Waals surface area (Å²) in [7, 11) is 0. The number of fused-ring (bicyclic) bond motifs is 4. The van der Waals surface area contributed by atoms with Crippen LogP contribution in [-0.2, 0) is 24.8 Å². The van der Waals surface area contributed by atoms with Gasteiger partial charge in [0.15, 0.2) is 6.23 Å². The number of aliphatic imine (C=N–C) groups is 1. The Balaban J connectivity index is 0.000000255. The molecule has 2 saturated heterocycles. The average Bonchev–Trinajstić information content (AvgIpc) is 3.59. The number of ether oxygens (including phenoxy) is 1. The summed E-state index contributed by atoms with van der Waals surface area (Å²) in [5, 5.41) is 9.99. The molecule has 0 amide bonds. The minimum atomic E-state index is -2.15. The first-order valence-electron chi connectivity index (χ1n) is 19.8. The molecule has 0 aromatic rings. The van der Waals surface area contributed by atoms with Gasteiger partial charge in [0.2, 0.25) is 0 Å². The fourth-order valence-electron chi connectivity index (χ4n) is 7.90. The van der Waals surface area contributed by atoms with Gasteiger partial charge in [-0.1, -0.05) is 85.1 Å². The molecule has 0 bridgehead atoms. The molecule has 4 nitrogen and oxygen atoms in total. The molecule has 2 fully saturated rings. The molecule has 6 heteroatoms. The minimum absolute atomic E-state index is 0. The summed E-state index contributed by atoms with van der Waals surface area (Å²) in [5.74, 6) is 3.54. The number of allylic oxidation sites excluding steroid dienone is 4. The molecule has 5 aliphatic heterocycles. The van der Waals surface area contributed by atoms with Crippen LogP contribution in [0, 0.1) is 53.4 Å². The molecule has 2 aliphatic carbocycles. The third kappa shape index (κ3) is 7.87. The van der Waals surface area contributed by atoms with E-state index in [0.717, 1.165) is 49.5 Å². The molecule has 0 spiro atoms. The Morgan fingerprint density at radius 1 is 1.18 bits per heavy atom. The molecule has 0 aromatic heterocycles. The fourth-order valence-corrected chi connectivity index (χ4v) is 9.52. The summed E-state index contributed by atoms with van der Waals surface area (Å²) in [6, 6.07) is -0.0442. The summed E-state index contributed by atoms with van der Waals surface area (Å²) in [4.78, 5) is 4.56. The summed E-state index contributed by atoms with van der Waals surface area (Å²) >= 11 is 1.85. The second-order valence-electron chi connectivity index (χ2n) is 15.4. The van der Waals surface area contributed by atoms with Crippen molar-refractivity contribution in [2.24, 2.45) is 45.9 Å². The van der Waals surface area contributed by atoms with Crippen LogP contribution in [0.4, 0.5) is 0 Å². The van der Waals surface area contributed by atoms with E-state index in [1.165, 1.54) is 29.7 Å². The van der Waals surface area contributed by atoms with E-state index in [4.69, 9.17) is 16.9 Å². The quantitative estimate of drug-likeness (QED) is 0.211. The largest absolute Gasteiger partial charge is 0.769 e. The van der Waals surface area contributed by atoms with E-state index in [1.807, 2.05) is 32.5 Å². The Morgan fingerprint density at radius 2 is 2.00 bits per heavy atom. The zero-order chi connectivity index (χ0) is 35.5. The average molecular weight is 813 g/mol. The Morgan fingerprint density at radius 3 is 2.71 bits per heavy atom. The van der Waals surface area contributed by atoms with Gasteiger partial charge in [-0.2, -0.15) is 23.4 Å². The van der Waals surface area contributed by atoms with Crippen LogP contribution in [0.2, 0.25) is 0 Å². The number of nitrogens with zero attached hydrogens (tertiary/aromatic N) is 3. The number of thioether (sulfide) groups is 1. The van der Waals surface area contributed by atoms with E-state index in [2.05, 4.69) is 62.7 Å². The maximum absolute atomic E-state index is 9.01. The van der Waals surface area contributed by atoms with Crippen LogP contribution in [0.1, 0.15) is 113 Å². The Labute approximate surface area is 300 Å². The molecule has 1 radical (unpaired) electrons. The first kappa shape index (κ1) is 29.0. The van der Waals surface area contributed by atoms with Crippen LogP contribution < -0.4 is 0 Å². The van der Waals surface area contributed by atoms with Crippen molar-refractivity contribution < 1.29 is 31.7 Å². The van der Waals surface area contributed by atoms with E-state index in [1.54, 1.807) is 0 Å². The van der Waals surface area contributed by atoms with Crippen LogP contribution in [0.3, 0.4) is 0 Å². The summed E-state index contributed by atoms with van der Waals surface area (Å²) in [5.41, 5.74) is 4.81. The van der Waals surface area contributed by atoms with Gasteiger partial charge in [-0.25, -0.2) is 12.0 Å². The van der Waals surface area contributed by atoms with Crippen LogP contribution in [0.25, 0.3) is 10.6 Å². The molecule has 7 aliphatic rings. The standard InChI is InChI=1S/C25H36N2OS.C14H21N.Ir/c1-14-9-10-18-16-7-6-8-19(22(16)28-24(18)27-14)21-23-17(11-12-26-21)20(15(2)29-23)13-25(3,4)5;1-10-4-6-13(7-5-10)14-8-11(2)12(3)9-15-14;/h8,11,15-16,18,20-21,23-24H,6-7,9-10,12-13H2,1-5H3;8,10-12H,4-6,9H2,1-3H3;/q2*-2;/t15-,16?,18?,20+,21-,23?,24?;10-,11+,12-;/m01./s1/i1D3,13D2;;. The van der Waals surface area contributed by atoms with Crippen molar-refractivity contribution in [3.63, 3.8) is 0 Å². The normalized spacial score (nSPS) is 41.3. The van der Waals surface area contributed by atoms with Gasteiger partial charge >= 0.3 is 0 Å². The van der Waals surface area contributed by atoms with Crippen LogP contribution >= 0.6 is 11.8 Å². The van der Waals surface area contributed by atoms with Crippen molar-refractivity contribution in [2.75, 3.05) is 13.1 Å². The van der Waals surface area contributed by atoms with Crippen molar-refractivity contribution in [1.82, 2.24) is 0 Å². The summed E-state index contributed by atoms with van der Waals surface area (Å²) in [6.07, 6.45) is 15.5. The third-order valence-corrected chi connectivity index (χ3v) is 12.2. The van der Waals surface area contributed by atoms with Gasteiger partial charge in [-0.3, -0.25) is 11.1 Å². The number of hydrogen-bond donors (Lipinski definition) is 0. The molecule has 0 saturated carbocycles. The van der Waals surface area contributed by atoms with Gasteiger partial charge < -0.3 is 21.1 Å². The van der Waals surface area contributed by atoms with E-state index >= 15 is 0 Å². The topological polar surface area (TPSA) is 49.8 Å². The van der Waals surface area contributed by atoms with Gasteiger partial charge in [-0.05, 0) is 55.0 Å². The maximum atomic E-state index is 9.01. The molecule has 0 N–H and O–H groups in total. The molecule has 253 valence electrons. The van der Waals surface area contributed by atoms with Crippen LogP contribution in [0.5, 0.6) is 0 Å². The van der Waals surface area contributed by atoms with E-state index in [-0.39, 0.29) is 54.4 Å². The van der Waals surface area contributed by atoms with E-state index in [9.17, 15) is 0 Å². The third-order valence-electron chi connectivity index (χ3n) is 10.7. The second kappa shape index (κ2) is 14.7. The number of rotatable bonds is 3. The second-order valence-corrected chi connectivity index (χ2v) is 16.9. The molecule has 0 aromatic carbocycles. The van der Waals surface area contributed by atoms with Crippen LogP contribution in [0.15, 0.2) is 45.3 Å². The molecule has 4 unspecified atom stereocenters. The van der Waals surface area contributed by atoms with Gasteiger partial charge in [-0.15, -0.1) is 38.0 Å². The first-order chi connectivity index (χ1) is 23.0. The molecular formula is C39H57IrN3OS-4. The fraction of sp³-hybridized carbons (Fsp3) is 0.744. The van der Waals surface area contributed by atoms with Crippen LogP contribution in [-0.4, -0.2) is 41.6 Å². The zero-order valence-electron chi connectivity index (χ0n) is 33.4. The predicted molar refractivity (Wildman–Crippen MR) is 188 cm³/mol. The Bertz CT molecular complexity index is 1410. The van der Waals surface area contributed by atoms with Crippen molar-refractivity contribution in [2.45, 2.75) is 129 Å². The van der Waals surface area contributed by atoms with E-state index in [0.29, 0.717) is 30.5 Å².